The van der Waals surface area contributed by atoms with Crippen molar-refractivity contribution in [2.75, 3.05) is 7.11 Å². The van der Waals surface area contributed by atoms with Gasteiger partial charge in [0.2, 0.25) is 0 Å². The number of hydrogen-bond acceptors (Lipinski definition) is 4. The van der Waals surface area contributed by atoms with Crippen molar-refractivity contribution in [2.24, 2.45) is 0 Å². The van der Waals surface area contributed by atoms with Gasteiger partial charge in [0.1, 0.15) is 17.7 Å². The number of aromatic nitrogens is 2. The van der Waals surface area contributed by atoms with E-state index in [1.54, 1.807) is 44.4 Å². The topological polar surface area (TPSA) is 77.5 Å². The third-order valence-corrected chi connectivity index (χ3v) is 3.64. The van der Waals surface area contributed by atoms with Crippen molar-refractivity contribution in [3.8, 4) is 22.9 Å². The van der Waals surface area contributed by atoms with Crippen LogP contribution in [0, 0.1) is 6.92 Å². The molecule has 3 aromatic rings. The van der Waals surface area contributed by atoms with E-state index >= 15 is 0 Å². The molecule has 0 aliphatic heterocycles. The normalized spacial score (nSPS) is 10.7. The Morgan fingerprint density at radius 3 is 2.57 bits per heavy atom. The maximum absolute atomic E-state index is 11.4. The van der Waals surface area contributed by atoms with Crippen LogP contribution in [-0.4, -0.2) is 28.0 Å². The number of carbonyl (C=O) groups is 1. The summed E-state index contributed by atoms with van der Waals surface area (Å²) in [5.74, 6) is 0.0376. The first kappa shape index (κ1) is 15.2. The van der Waals surface area contributed by atoms with E-state index < -0.39 is 5.97 Å². The zero-order valence-corrected chi connectivity index (χ0v) is 13.2. The number of aromatic carboxylic acids is 1. The first-order valence-electron chi connectivity index (χ1n) is 6.73. The van der Waals surface area contributed by atoms with Crippen molar-refractivity contribution >= 4 is 17.6 Å². The molecule has 0 saturated heterocycles. The van der Waals surface area contributed by atoms with Crippen LogP contribution < -0.4 is 4.74 Å². The van der Waals surface area contributed by atoms with Gasteiger partial charge < -0.3 is 14.3 Å². The highest BCUT2D eigenvalue weighted by molar-refractivity contribution is 6.30. The quantitative estimate of drug-likeness (QED) is 0.786. The van der Waals surface area contributed by atoms with Crippen LogP contribution in [0.5, 0.6) is 5.75 Å². The fourth-order valence-electron chi connectivity index (χ4n) is 2.34. The van der Waals surface area contributed by atoms with Gasteiger partial charge in [-0.25, -0.2) is 9.48 Å². The molecule has 23 heavy (non-hydrogen) atoms. The smallest absolute Gasteiger partial charge is 0.356 e. The molecule has 0 unspecified atom stereocenters. The van der Waals surface area contributed by atoms with Crippen molar-refractivity contribution in [3.05, 3.63) is 52.9 Å². The first-order valence-corrected chi connectivity index (χ1v) is 7.11. The fraction of sp³-hybridized carbons (Fsp3) is 0.125. The van der Waals surface area contributed by atoms with E-state index in [1.807, 2.05) is 0 Å². The maximum Gasteiger partial charge on any atom is 0.356 e. The van der Waals surface area contributed by atoms with Gasteiger partial charge in [0.05, 0.1) is 17.8 Å². The first-order chi connectivity index (χ1) is 11.0. The van der Waals surface area contributed by atoms with Gasteiger partial charge in [0.15, 0.2) is 11.5 Å². The summed E-state index contributed by atoms with van der Waals surface area (Å²) < 4.78 is 12.1. The minimum atomic E-state index is -1.10. The average molecular weight is 333 g/mol. The largest absolute Gasteiger partial charge is 0.497 e. The third kappa shape index (κ3) is 2.68. The number of carboxylic acids is 1. The van der Waals surface area contributed by atoms with Crippen LogP contribution in [0.25, 0.3) is 17.1 Å². The minimum Gasteiger partial charge on any atom is -0.497 e. The molecule has 0 saturated carbocycles. The molecule has 118 valence electrons. The Hall–Kier alpha value is -2.73. The number of benzene rings is 1. The lowest BCUT2D eigenvalue weighted by Crippen LogP contribution is -2.02. The Labute approximate surface area is 136 Å². The maximum atomic E-state index is 11.4. The van der Waals surface area contributed by atoms with E-state index in [0.29, 0.717) is 33.5 Å². The van der Waals surface area contributed by atoms with Crippen LogP contribution in [0.1, 0.15) is 16.1 Å². The second-order valence-corrected chi connectivity index (χ2v) is 5.30. The number of furan rings is 1. The molecule has 3 rings (SSSR count). The van der Waals surface area contributed by atoms with Crippen LogP contribution >= 0.6 is 11.6 Å². The lowest BCUT2D eigenvalue weighted by atomic mass is 10.1. The highest BCUT2D eigenvalue weighted by atomic mass is 35.5. The lowest BCUT2D eigenvalue weighted by molar-refractivity contribution is 0.0689. The van der Waals surface area contributed by atoms with Gasteiger partial charge in [0.25, 0.3) is 0 Å². The Kier molecular flexibility index (Phi) is 3.83. The monoisotopic (exact) mass is 332 g/mol. The van der Waals surface area contributed by atoms with E-state index in [0.717, 1.165) is 0 Å². The third-order valence-electron chi connectivity index (χ3n) is 3.44. The molecule has 0 radical (unpaired) electrons. The summed E-state index contributed by atoms with van der Waals surface area (Å²) in [5, 5.41) is 14.0. The molecule has 0 spiro atoms. The van der Waals surface area contributed by atoms with Gasteiger partial charge in [-0.15, -0.1) is 0 Å². The van der Waals surface area contributed by atoms with Gasteiger partial charge in [-0.05, 0) is 31.2 Å². The van der Waals surface area contributed by atoms with Crippen LogP contribution in [-0.2, 0) is 0 Å². The standard InChI is InChI=1S/C16H13ClN2O4/c1-9-14(16(20)21)18-19(11-3-5-12(22-2)6-4-11)15(9)13-7-10(17)8-23-13/h3-8H,1-2H3,(H,20,21). The van der Waals surface area contributed by atoms with Crippen LogP contribution in [0.15, 0.2) is 41.0 Å². The average Bonchev–Trinajstić information content (AvgIpc) is 3.10. The summed E-state index contributed by atoms with van der Waals surface area (Å²) in [7, 11) is 1.58. The lowest BCUT2D eigenvalue weighted by Gasteiger charge is -2.07. The Morgan fingerprint density at radius 2 is 2.04 bits per heavy atom. The molecule has 1 aromatic carbocycles. The highest BCUT2D eigenvalue weighted by Crippen LogP contribution is 2.31. The molecule has 0 amide bonds. The van der Waals surface area contributed by atoms with Crippen LogP contribution in [0.3, 0.4) is 0 Å². The summed E-state index contributed by atoms with van der Waals surface area (Å²) in [5.41, 5.74) is 1.69. The van der Waals surface area contributed by atoms with E-state index in [1.165, 1.54) is 10.9 Å². The number of methoxy groups -OCH3 is 1. The van der Waals surface area contributed by atoms with Crippen molar-refractivity contribution < 1.29 is 19.1 Å². The zero-order chi connectivity index (χ0) is 16.6. The van der Waals surface area contributed by atoms with E-state index in [9.17, 15) is 9.90 Å². The summed E-state index contributed by atoms with van der Waals surface area (Å²) in [6, 6.07) is 8.73. The highest BCUT2D eigenvalue weighted by Gasteiger charge is 2.23. The molecule has 6 nitrogen and oxygen atoms in total. The molecule has 0 aliphatic carbocycles. The molecular formula is C16H13ClN2O4. The van der Waals surface area contributed by atoms with E-state index in [2.05, 4.69) is 5.10 Å². The molecule has 0 bridgehead atoms. The molecule has 2 aromatic heterocycles. The van der Waals surface area contributed by atoms with Crippen molar-refractivity contribution in [1.29, 1.82) is 0 Å². The van der Waals surface area contributed by atoms with Gasteiger partial charge in [-0.2, -0.15) is 5.10 Å². The Morgan fingerprint density at radius 1 is 1.35 bits per heavy atom. The molecule has 0 aliphatic rings. The molecule has 1 N–H and O–H groups in total. The number of rotatable bonds is 4. The Bertz CT molecular complexity index is 865. The van der Waals surface area contributed by atoms with Gasteiger partial charge in [0, 0.05) is 11.6 Å². The molecular weight excluding hydrogens is 320 g/mol. The zero-order valence-electron chi connectivity index (χ0n) is 12.4. The Balaban J connectivity index is 2.21. The van der Waals surface area contributed by atoms with Crippen molar-refractivity contribution in [3.63, 3.8) is 0 Å². The summed E-state index contributed by atoms with van der Waals surface area (Å²) in [6.07, 6.45) is 1.39. The number of hydrogen-bond donors (Lipinski definition) is 1. The SMILES string of the molecule is COc1ccc(-n2nc(C(=O)O)c(C)c2-c2cc(Cl)co2)cc1. The van der Waals surface area contributed by atoms with E-state index in [-0.39, 0.29) is 5.69 Å². The van der Waals surface area contributed by atoms with E-state index in [4.69, 9.17) is 20.8 Å². The summed E-state index contributed by atoms with van der Waals surface area (Å²) in [4.78, 5) is 11.4. The van der Waals surface area contributed by atoms with Crippen LogP contribution in [0.4, 0.5) is 0 Å². The second kappa shape index (κ2) is 5.81. The molecule has 0 fully saturated rings. The number of halogens is 1. The fourth-order valence-corrected chi connectivity index (χ4v) is 2.48. The summed E-state index contributed by atoms with van der Waals surface area (Å²) >= 11 is 5.91. The second-order valence-electron chi connectivity index (χ2n) is 4.87. The predicted octanol–water partition coefficient (Wildman–Crippen LogP) is 3.80. The summed E-state index contributed by atoms with van der Waals surface area (Å²) in [6.45, 7) is 1.68. The minimum absolute atomic E-state index is 0.0386. The van der Waals surface area contributed by atoms with Crippen LogP contribution in [0.2, 0.25) is 5.02 Å². The molecule has 0 atom stereocenters. The van der Waals surface area contributed by atoms with Crippen molar-refractivity contribution in [2.45, 2.75) is 6.92 Å². The molecule has 2 heterocycles. The number of ether oxygens (including phenoxy) is 1. The number of nitrogens with zero attached hydrogens (tertiary/aromatic N) is 2. The number of carboxylic acid groups (broad SMARTS) is 1. The van der Waals surface area contributed by atoms with Crippen molar-refractivity contribution in [1.82, 2.24) is 9.78 Å². The van der Waals surface area contributed by atoms with Gasteiger partial charge in [-0.3, -0.25) is 0 Å². The van der Waals surface area contributed by atoms with Gasteiger partial charge in [-0.1, -0.05) is 11.6 Å². The predicted molar refractivity (Wildman–Crippen MR) is 84.5 cm³/mol. The molecule has 7 heteroatoms. The van der Waals surface area contributed by atoms with Gasteiger partial charge >= 0.3 is 5.97 Å².